The van der Waals surface area contributed by atoms with E-state index >= 15 is 0 Å². The van der Waals surface area contributed by atoms with Gasteiger partial charge in [-0.05, 0) is 24.3 Å². The maximum absolute atomic E-state index is 12.7. The second-order valence-corrected chi connectivity index (χ2v) is 8.42. The molecule has 2 aromatic heterocycles. The fourth-order valence-corrected chi connectivity index (χ4v) is 4.20. The van der Waals surface area contributed by atoms with Gasteiger partial charge in [0.05, 0.1) is 35.5 Å². The third kappa shape index (κ3) is 4.58. The number of fused-ring (bicyclic) bond motifs is 1. The number of pyridine rings is 1. The van der Waals surface area contributed by atoms with E-state index in [1.807, 2.05) is 31.1 Å². The number of carbonyl (C=O) groups excluding carboxylic acids is 2. The maximum Gasteiger partial charge on any atom is 0.322 e. The lowest BCUT2D eigenvalue weighted by Gasteiger charge is -2.26. The van der Waals surface area contributed by atoms with Crippen molar-refractivity contribution >= 4 is 46.2 Å². The lowest BCUT2D eigenvalue weighted by Crippen LogP contribution is -2.38. The summed E-state index contributed by atoms with van der Waals surface area (Å²) in [7, 11) is 3.81. The largest absolute Gasteiger partial charge is 0.397 e. The highest BCUT2D eigenvalue weighted by atomic mass is 32.1. The van der Waals surface area contributed by atoms with Crippen molar-refractivity contribution in [3.05, 3.63) is 58.2 Å². The molecule has 0 fully saturated rings. The van der Waals surface area contributed by atoms with Gasteiger partial charge in [-0.25, -0.2) is 14.8 Å². The topological polar surface area (TPSA) is 116 Å². The number of thiazole rings is 1. The summed E-state index contributed by atoms with van der Waals surface area (Å²) in [4.78, 5) is 38.6. The molecule has 3 heterocycles. The van der Waals surface area contributed by atoms with Gasteiger partial charge < -0.3 is 26.2 Å². The average Bonchev–Trinajstić information content (AvgIpc) is 3.19. The molecule has 160 valence electrons. The predicted octanol–water partition coefficient (Wildman–Crippen LogP) is 3.03. The number of benzene rings is 1. The fourth-order valence-electron chi connectivity index (χ4n) is 3.18. The lowest BCUT2D eigenvalue weighted by molar-refractivity contribution is 0.102. The molecule has 0 bridgehead atoms. The molecule has 0 unspecified atom stereocenters. The fraction of sp³-hybridized carbons (Fsp3) is 0.238. The van der Waals surface area contributed by atoms with Crippen LogP contribution in [0.25, 0.3) is 0 Å². The summed E-state index contributed by atoms with van der Waals surface area (Å²) in [5, 5.41) is 6.03. The first-order valence-electron chi connectivity index (χ1n) is 9.74. The molecule has 3 amide bonds. The van der Waals surface area contributed by atoms with E-state index < -0.39 is 0 Å². The maximum atomic E-state index is 12.7. The van der Waals surface area contributed by atoms with E-state index in [0.29, 0.717) is 41.6 Å². The number of aromatic nitrogens is 2. The lowest BCUT2D eigenvalue weighted by atomic mass is 10.2. The summed E-state index contributed by atoms with van der Waals surface area (Å²) >= 11 is 1.30. The summed E-state index contributed by atoms with van der Waals surface area (Å²) in [6.07, 6.45) is 2.23. The minimum absolute atomic E-state index is 0.207. The third-order valence-electron chi connectivity index (χ3n) is 4.88. The smallest absolute Gasteiger partial charge is 0.322 e. The van der Waals surface area contributed by atoms with Crippen LogP contribution in [-0.4, -0.2) is 47.4 Å². The molecule has 0 radical (unpaired) electrons. The van der Waals surface area contributed by atoms with Crippen molar-refractivity contribution in [2.75, 3.05) is 41.9 Å². The highest BCUT2D eigenvalue weighted by Gasteiger charge is 2.26. The van der Waals surface area contributed by atoms with E-state index in [2.05, 4.69) is 20.6 Å². The van der Waals surface area contributed by atoms with Crippen LogP contribution in [0.1, 0.15) is 20.4 Å². The summed E-state index contributed by atoms with van der Waals surface area (Å²) in [5.74, 6) is 0.508. The number of rotatable bonds is 4. The quantitative estimate of drug-likeness (QED) is 0.540. The zero-order valence-corrected chi connectivity index (χ0v) is 18.1. The Labute approximate surface area is 183 Å². The normalized spacial score (nSPS) is 12.8. The summed E-state index contributed by atoms with van der Waals surface area (Å²) in [6.45, 7) is 0.932. The Morgan fingerprint density at radius 3 is 2.68 bits per heavy atom. The summed E-state index contributed by atoms with van der Waals surface area (Å²) < 4.78 is 0. The van der Waals surface area contributed by atoms with Crippen LogP contribution >= 0.6 is 11.3 Å². The molecule has 10 heteroatoms. The van der Waals surface area contributed by atoms with Crippen molar-refractivity contribution in [3.8, 4) is 0 Å². The van der Waals surface area contributed by atoms with E-state index in [4.69, 9.17) is 5.73 Å². The van der Waals surface area contributed by atoms with Gasteiger partial charge in [-0.1, -0.05) is 12.1 Å². The zero-order chi connectivity index (χ0) is 22.0. The van der Waals surface area contributed by atoms with Crippen molar-refractivity contribution in [3.63, 3.8) is 0 Å². The summed E-state index contributed by atoms with van der Waals surface area (Å²) in [6, 6.07) is 10.5. The van der Waals surface area contributed by atoms with Crippen LogP contribution < -0.4 is 21.3 Å². The molecule has 3 aromatic rings. The van der Waals surface area contributed by atoms with Crippen LogP contribution in [0.3, 0.4) is 0 Å². The van der Waals surface area contributed by atoms with Crippen LogP contribution in [0.4, 0.5) is 27.7 Å². The first-order valence-corrected chi connectivity index (χ1v) is 10.6. The van der Waals surface area contributed by atoms with Crippen molar-refractivity contribution in [2.45, 2.75) is 13.0 Å². The van der Waals surface area contributed by atoms with Crippen LogP contribution in [0, 0.1) is 0 Å². The highest BCUT2D eigenvalue weighted by Crippen LogP contribution is 2.27. The molecule has 0 aliphatic carbocycles. The third-order valence-corrected chi connectivity index (χ3v) is 5.96. The molecule has 0 atom stereocenters. The van der Waals surface area contributed by atoms with Crippen molar-refractivity contribution < 1.29 is 9.59 Å². The molecule has 9 nitrogen and oxygen atoms in total. The van der Waals surface area contributed by atoms with Gasteiger partial charge >= 0.3 is 6.03 Å². The Kier molecular flexibility index (Phi) is 5.72. The number of para-hydroxylation sites is 2. The van der Waals surface area contributed by atoms with Crippen LogP contribution in [-0.2, 0) is 13.0 Å². The van der Waals surface area contributed by atoms with Gasteiger partial charge in [0.1, 0.15) is 5.82 Å². The minimum Gasteiger partial charge on any atom is -0.397 e. The second kappa shape index (κ2) is 8.60. The molecule has 0 saturated heterocycles. The Morgan fingerprint density at radius 1 is 1.16 bits per heavy atom. The number of nitrogens with two attached hydrogens (primary N) is 1. The van der Waals surface area contributed by atoms with Gasteiger partial charge in [0.15, 0.2) is 5.01 Å². The van der Waals surface area contributed by atoms with Crippen LogP contribution in [0.2, 0.25) is 0 Å². The number of anilines is 4. The van der Waals surface area contributed by atoms with Gasteiger partial charge in [-0.3, -0.25) is 4.79 Å². The number of amides is 3. The molecule has 0 saturated carbocycles. The molecule has 1 aliphatic heterocycles. The number of urea groups is 1. The number of nitrogens with zero attached hydrogens (tertiary/aromatic N) is 4. The number of carbonyl (C=O) groups is 2. The van der Waals surface area contributed by atoms with E-state index in [1.54, 1.807) is 35.4 Å². The van der Waals surface area contributed by atoms with Gasteiger partial charge in [0.25, 0.3) is 5.91 Å². The van der Waals surface area contributed by atoms with Gasteiger partial charge in [-0.2, -0.15) is 0 Å². The number of hydrogen-bond acceptors (Lipinski definition) is 7. The van der Waals surface area contributed by atoms with Gasteiger partial charge in [0.2, 0.25) is 0 Å². The van der Waals surface area contributed by atoms with Crippen LogP contribution in [0.15, 0.2) is 42.6 Å². The number of hydrogen-bond donors (Lipinski definition) is 3. The molecule has 1 aromatic carbocycles. The Morgan fingerprint density at radius 2 is 1.97 bits per heavy atom. The van der Waals surface area contributed by atoms with Crippen molar-refractivity contribution in [1.82, 2.24) is 14.9 Å². The Bertz CT molecular complexity index is 1110. The minimum atomic E-state index is -0.305. The van der Waals surface area contributed by atoms with Gasteiger partial charge in [0, 0.05) is 31.9 Å². The first-order chi connectivity index (χ1) is 14.9. The highest BCUT2D eigenvalue weighted by molar-refractivity contribution is 7.13. The van der Waals surface area contributed by atoms with Crippen molar-refractivity contribution in [2.24, 2.45) is 0 Å². The van der Waals surface area contributed by atoms with E-state index in [0.717, 1.165) is 16.4 Å². The van der Waals surface area contributed by atoms with E-state index in [9.17, 15) is 9.59 Å². The van der Waals surface area contributed by atoms with E-state index in [1.165, 1.54) is 11.3 Å². The Hall–Kier alpha value is -3.66. The summed E-state index contributed by atoms with van der Waals surface area (Å²) in [5.41, 5.74) is 8.43. The molecule has 4 rings (SSSR count). The Balaban J connectivity index is 1.40. The molecule has 31 heavy (non-hydrogen) atoms. The SMILES string of the molecule is CN(C)c1ccc(NC(=O)N2CCc3nc(C(=O)Nc4ccccc4N)sc3C2)cn1. The van der Waals surface area contributed by atoms with Gasteiger partial charge in [-0.15, -0.1) is 11.3 Å². The van der Waals surface area contributed by atoms with Crippen molar-refractivity contribution in [1.29, 1.82) is 0 Å². The molecular weight excluding hydrogens is 414 g/mol. The monoisotopic (exact) mass is 437 g/mol. The second-order valence-electron chi connectivity index (χ2n) is 7.33. The molecule has 1 aliphatic rings. The van der Waals surface area contributed by atoms with Crippen LogP contribution in [0.5, 0.6) is 0 Å². The standard InChI is InChI=1S/C21H23N7O2S/c1-27(2)18-8-7-13(11-23-18)24-21(30)28-10-9-16-17(12-28)31-20(26-16)19(29)25-15-6-4-3-5-14(15)22/h3-8,11H,9-10,12,22H2,1-2H3,(H,24,30)(H,25,29). The average molecular weight is 438 g/mol. The first kappa shape index (κ1) is 20.6. The molecule has 0 spiro atoms. The van der Waals surface area contributed by atoms with E-state index in [-0.39, 0.29) is 11.9 Å². The molecule has 4 N–H and O–H groups in total. The number of nitrogens with one attached hydrogen (secondary N) is 2. The zero-order valence-electron chi connectivity index (χ0n) is 17.3. The predicted molar refractivity (Wildman–Crippen MR) is 123 cm³/mol. The number of nitrogen functional groups attached to an aromatic ring is 1. The molecular formula is C21H23N7O2S.